The largest absolute Gasteiger partial charge is 0.250 e. The van der Waals surface area contributed by atoms with E-state index in [0.717, 1.165) is 6.04 Å². The van der Waals surface area contributed by atoms with Gasteiger partial charge in [0.25, 0.3) is 0 Å². The van der Waals surface area contributed by atoms with E-state index in [9.17, 15) is 0 Å². The summed E-state index contributed by atoms with van der Waals surface area (Å²) in [6, 6.07) is 0.790. The fourth-order valence-corrected chi connectivity index (χ4v) is 2.21. The van der Waals surface area contributed by atoms with Crippen LogP contribution in [0.25, 0.3) is 0 Å². The summed E-state index contributed by atoms with van der Waals surface area (Å²) in [4.78, 5) is 0. The van der Waals surface area contributed by atoms with Crippen LogP contribution in [0.1, 0.15) is 19.3 Å². The van der Waals surface area contributed by atoms with E-state index in [1.807, 2.05) is 11.8 Å². The SMILES string of the molecule is C1CCN(NC2CSC2)CC1. The van der Waals surface area contributed by atoms with Crippen molar-refractivity contribution in [1.82, 2.24) is 10.4 Å². The van der Waals surface area contributed by atoms with Gasteiger partial charge in [0.1, 0.15) is 0 Å². The van der Waals surface area contributed by atoms with Gasteiger partial charge in [-0.25, -0.2) is 5.01 Å². The van der Waals surface area contributed by atoms with E-state index in [4.69, 9.17) is 0 Å². The lowest BCUT2D eigenvalue weighted by atomic mass is 10.2. The molecule has 0 aromatic carbocycles. The molecule has 11 heavy (non-hydrogen) atoms. The molecule has 2 rings (SSSR count). The molecule has 0 spiro atoms. The van der Waals surface area contributed by atoms with Gasteiger partial charge < -0.3 is 0 Å². The monoisotopic (exact) mass is 172 g/mol. The lowest BCUT2D eigenvalue weighted by Crippen LogP contribution is -2.52. The number of hydrazine groups is 1. The molecule has 2 nitrogen and oxygen atoms in total. The van der Waals surface area contributed by atoms with Crippen LogP contribution < -0.4 is 5.43 Å². The highest BCUT2D eigenvalue weighted by Crippen LogP contribution is 2.18. The second-order valence-electron chi connectivity index (χ2n) is 3.41. The first-order valence-electron chi connectivity index (χ1n) is 4.54. The van der Waals surface area contributed by atoms with Crippen molar-refractivity contribution >= 4 is 11.8 Å². The number of rotatable bonds is 2. The maximum atomic E-state index is 3.57. The predicted octanol–water partition coefficient (Wildman–Crippen LogP) is 1.09. The second kappa shape index (κ2) is 3.78. The zero-order chi connectivity index (χ0) is 7.52. The summed E-state index contributed by atoms with van der Waals surface area (Å²) in [7, 11) is 0. The molecule has 64 valence electrons. The minimum atomic E-state index is 0.790. The van der Waals surface area contributed by atoms with Crippen molar-refractivity contribution in [3.05, 3.63) is 0 Å². The minimum Gasteiger partial charge on any atom is -0.250 e. The van der Waals surface area contributed by atoms with Gasteiger partial charge in [-0.1, -0.05) is 6.42 Å². The molecule has 2 heterocycles. The van der Waals surface area contributed by atoms with E-state index in [1.165, 1.54) is 43.9 Å². The second-order valence-corrected chi connectivity index (χ2v) is 4.49. The number of piperidine rings is 1. The maximum absolute atomic E-state index is 3.57. The molecule has 2 saturated heterocycles. The Morgan fingerprint density at radius 1 is 1.09 bits per heavy atom. The molecule has 2 fully saturated rings. The van der Waals surface area contributed by atoms with Gasteiger partial charge in [0.05, 0.1) is 0 Å². The number of nitrogens with one attached hydrogen (secondary N) is 1. The Morgan fingerprint density at radius 3 is 2.36 bits per heavy atom. The van der Waals surface area contributed by atoms with E-state index in [0.29, 0.717) is 0 Å². The molecule has 0 atom stereocenters. The molecule has 1 N–H and O–H groups in total. The Kier molecular flexibility index (Phi) is 2.72. The van der Waals surface area contributed by atoms with Gasteiger partial charge in [0.2, 0.25) is 0 Å². The zero-order valence-corrected chi connectivity index (χ0v) is 7.70. The number of nitrogens with zero attached hydrogens (tertiary/aromatic N) is 1. The average molecular weight is 172 g/mol. The smallest absolute Gasteiger partial charge is 0.0396 e. The quantitative estimate of drug-likeness (QED) is 0.671. The standard InChI is InChI=1S/C8H16N2S/c1-2-4-10(5-3-1)9-8-6-11-7-8/h8-9H,1-7H2. The van der Waals surface area contributed by atoms with Crippen LogP contribution in [0.2, 0.25) is 0 Å². The van der Waals surface area contributed by atoms with Gasteiger partial charge in [-0.05, 0) is 12.8 Å². The van der Waals surface area contributed by atoms with Crippen LogP contribution in [-0.4, -0.2) is 35.6 Å². The van der Waals surface area contributed by atoms with Crippen molar-refractivity contribution in [2.45, 2.75) is 25.3 Å². The third kappa shape index (κ3) is 2.10. The van der Waals surface area contributed by atoms with E-state index < -0.39 is 0 Å². The van der Waals surface area contributed by atoms with Crippen LogP contribution in [0.4, 0.5) is 0 Å². The Hall–Kier alpha value is 0.270. The molecule has 2 aliphatic rings. The van der Waals surface area contributed by atoms with Gasteiger partial charge in [0.15, 0.2) is 0 Å². The molecule has 0 saturated carbocycles. The third-order valence-corrected chi connectivity index (χ3v) is 3.64. The number of thioether (sulfide) groups is 1. The zero-order valence-electron chi connectivity index (χ0n) is 6.88. The van der Waals surface area contributed by atoms with Gasteiger partial charge in [-0.15, -0.1) is 0 Å². The van der Waals surface area contributed by atoms with Crippen molar-refractivity contribution in [2.24, 2.45) is 0 Å². The van der Waals surface area contributed by atoms with Crippen molar-refractivity contribution in [3.8, 4) is 0 Å². The molecule has 0 aromatic heterocycles. The van der Waals surface area contributed by atoms with Gasteiger partial charge in [-0.2, -0.15) is 11.8 Å². The topological polar surface area (TPSA) is 15.3 Å². The van der Waals surface area contributed by atoms with Crippen LogP contribution >= 0.6 is 11.8 Å². The highest BCUT2D eigenvalue weighted by molar-refractivity contribution is 8.00. The summed E-state index contributed by atoms with van der Waals surface area (Å²) in [6.45, 7) is 2.53. The Morgan fingerprint density at radius 2 is 1.82 bits per heavy atom. The van der Waals surface area contributed by atoms with Crippen molar-refractivity contribution in [2.75, 3.05) is 24.6 Å². The molecule has 0 aromatic rings. The van der Waals surface area contributed by atoms with Crippen molar-refractivity contribution in [1.29, 1.82) is 0 Å². The summed E-state index contributed by atoms with van der Waals surface area (Å²) in [6.07, 6.45) is 4.19. The summed E-state index contributed by atoms with van der Waals surface area (Å²) < 4.78 is 0. The summed E-state index contributed by atoms with van der Waals surface area (Å²) >= 11 is 2.04. The van der Waals surface area contributed by atoms with Gasteiger partial charge in [-0.3, -0.25) is 5.43 Å². The van der Waals surface area contributed by atoms with Crippen LogP contribution in [0.3, 0.4) is 0 Å². The number of hydrogen-bond acceptors (Lipinski definition) is 3. The maximum Gasteiger partial charge on any atom is 0.0396 e. The summed E-state index contributed by atoms with van der Waals surface area (Å²) in [5.41, 5.74) is 3.57. The van der Waals surface area contributed by atoms with E-state index in [-0.39, 0.29) is 0 Å². The average Bonchev–Trinajstić information content (AvgIpc) is 1.99. The molecule has 0 unspecified atom stereocenters. The van der Waals surface area contributed by atoms with E-state index in [1.54, 1.807) is 0 Å². The molecular weight excluding hydrogens is 156 g/mol. The highest BCUT2D eigenvalue weighted by atomic mass is 32.2. The molecule has 0 aliphatic carbocycles. The molecule has 3 heteroatoms. The molecule has 0 radical (unpaired) electrons. The summed E-state index contributed by atoms with van der Waals surface area (Å²) in [5, 5.41) is 2.41. The van der Waals surface area contributed by atoms with Crippen LogP contribution in [0.5, 0.6) is 0 Å². The fourth-order valence-electron chi connectivity index (χ4n) is 1.59. The highest BCUT2D eigenvalue weighted by Gasteiger charge is 2.20. The third-order valence-electron chi connectivity index (χ3n) is 2.36. The van der Waals surface area contributed by atoms with Crippen LogP contribution in [0.15, 0.2) is 0 Å². The fraction of sp³-hybridized carbons (Fsp3) is 1.00. The number of hydrogen-bond donors (Lipinski definition) is 1. The first kappa shape index (κ1) is 7.90. The van der Waals surface area contributed by atoms with E-state index in [2.05, 4.69) is 10.4 Å². The van der Waals surface area contributed by atoms with Gasteiger partial charge >= 0.3 is 0 Å². The van der Waals surface area contributed by atoms with Gasteiger partial charge in [0, 0.05) is 30.6 Å². The minimum absolute atomic E-state index is 0.790. The van der Waals surface area contributed by atoms with E-state index >= 15 is 0 Å². The molecule has 0 amide bonds. The Labute approximate surface area is 72.7 Å². The van der Waals surface area contributed by atoms with Crippen LogP contribution in [-0.2, 0) is 0 Å². The predicted molar refractivity (Wildman–Crippen MR) is 49.7 cm³/mol. The van der Waals surface area contributed by atoms with Crippen molar-refractivity contribution < 1.29 is 0 Å². The Balaban J connectivity index is 1.67. The first-order chi connectivity index (χ1) is 5.45. The summed E-state index contributed by atoms with van der Waals surface area (Å²) in [5.74, 6) is 2.63. The van der Waals surface area contributed by atoms with Crippen LogP contribution in [0, 0.1) is 0 Å². The molecular formula is C8H16N2S. The molecule has 0 bridgehead atoms. The lowest BCUT2D eigenvalue weighted by molar-refractivity contribution is 0.137. The normalized spacial score (nSPS) is 28.4. The Bertz CT molecular complexity index is 119. The first-order valence-corrected chi connectivity index (χ1v) is 5.69. The van der Waals surface area contributed by atoms with Crippen molar-refractivity contribution in [3.63, 3.8) is 0 Å². The molecule has 2 aliphatic heterocycles. The lowest BCUT2D eigenvalue weighted by Gasteiger charge is -2.35.